The first kappa shape index (κ1) is 29.0. The molecule has 0 saturated carbocycles. The van der Waals surface area contributed by atoms with E-state index in [0.29, 0.717) is 5.82 Å². The van der Waals surface area contributed by atoms with Gasteiger partial charge in [0.1, 0.15) is 0 Å². The Morgan fingerprint density at radius 2 is 1.12 bits per heavy atom. The van der Waals surface area contributed by atoms with Gasteiger partial charge in [0.2, 0.25) is 0 Å². The summed E-state index contributed by atoms with van der Waals surface area (Å²) < 4.78 is 0. The van der Waals surface area contributed by atoms with Crippen LogP contribution >= 0.6 is 0 Å². The van der Waals surface area contributed by atoms with E-state index in [1.54, 1.807) is 0 Å². The van der Waals surface area contributed by atoms with Gasteiger partial charge < -0.3 is 0 Å². The molecule has 0 radical (unpaired) electrons. The molecular weight excluding hydrogens is 595 g/mol. The van der Waals surface area contributed by atoms with Crippen LogP contribution in [-0.2, 0) is 5.41 Å². The second kappa shape index (κ2) is 11.5. The van der Waals surface area contributed by atoms with E-state index in [4.69, 9.17) is 9.97 Å². The van der Waals surface area contributed by atoms with E-state index in [1.165, 1.54) is 44.2 Å². The third-order valence-electron chi connectivity index (χ3n) is 9.93. The van der Waals surface area contributed by atoms with Gasteiger partial charge >= 0.3 is 0 Å². The van der Waals surface area contributed by atoms with E-state index >= 15 is 0 Å². The molecule has 0 atom stereocenters. The van der Waals surface area contributed by atoms with Gasteiger partial charge in [0.15, 0.2) is 5.82 Å². The van der Waals surface area contributed by atoms with Crippen LogP contribution in [0.5, 0.6) is 0 Å². The highest BCUT2D eigenvalue weighted by molar-refractivity contribution is 6.01. The SMILES string of the molecule is CC1(C)c2cccc(-c3cccc(-c4cc(-c5ccccc5)nc(-c5ccc(-c6ccccn6)cc5)n4)c3)c2-c2ccc3ccccc3c21. The van der Waals surface area contributed by atoms with E-state index in [0.717, 1.165) is 39.3 Å². The summed E-state index contributed by atoms with van der Waals surface area (Å²) in [5.41, 5.74) is 14.6. The smallest absolute Gasteiger partial charge is 0.160 e. The van der Waals surface area contributed by atoms with E-state index in [2.05, 4.69) is 152 Å². The molecule has 232 valence electrons. The minimum Gasteiger partial charge on any atom is -0.256 e. The lowest BCUT2D eigenvalue weighted by molar-refractivity contribution is 0.666. The summed E-state index contributed by atoms with van der Waals surface area (Å²) in [5.74, 6) is 0.692. The monoisotopic (exact) mass is 627 g/mol. The third kappa shape index (κ3) is 4.94. The molecule has 1 aliphatic rings. The summed E-state index contributed by atoms with van der Waals surface area (Å²) >= 11 is 0. The number of benzene rings is 6. The maximum Gasteiger partial charge on any atom is 0.160 e. The topological polar surface area (TPSA) is 38.7 Å². The standard InChI is InChI=1S/C46H33N3/c1-46(2)39-19-11-18-36(43(39)38-26-25-30-12-6-7-17-37(30)44(38)46)34-15-10-16-35(28-34)42-29-41(31-13-4-3-5-14-31)48-45(49-42)33-23-21-32(22-24-33)40-20-8-9-27-47-40/h3-29H,1-2H3. The predicted octanol–water partition coefficient (Wildman–Crippen LogP) is 11.7. The van der Waals surface area contributed by atoms with Crippen LogP contribution in [0.1, 0.15) is 25.0 Å². The Morgan fingerprint density at radius 1 is 0.449 bits per heavy atom. The van der Waals surface area contributed by atoms with Gasteiger partial charge in [0.25, 0.3) is 0 Å². The molecule has 6 aromatic carbocycles. The zero-order valence-corrected chi connectivity index (χ0v) is 27.4. The van der Waals surface area contributed by atoms with E-state index in [-0.39, 0.29) is 5.41 Å². The zero-order chi connectivity index (χ0) is 33.0. The molecule has 3 nitrogen and oxygen atoms in total. The molecule has 0 fully saturated rings. The van der Waals surface area contributed by atoms with Crippen molar-refractivity contribution in [3.8, 4) is 67.4 Å². The Hall–Kier alpha value is -6.19. The lowest BCUT2D eigenvalue weighted by Gasteiger charge is -2.23. The number of pyridine rings is 1. The van der Waals surface area contributed by atoms with E-state index in [1.807, 2.05) is 30.5 Å². The zero-order valence-electron chi connectivity index (χ0n) is 27.4. The lowest BCUT2D eigenvalue weighted by Crippen LogP contribution is -2.15. The largest absolute Gasteiger partial charge is 0.256 e. The summed E-state index contributed by atoms with van der Waals surface area (Å²) in [6.45, 7) is 4.72. The summed E-state index contributed by atoms with van der Waals surface area (Å²) in [5, 5.41) is 2.61. The Labute approximate surface area is 286 Å². The van der Waals surface area contributed by atoms with Gasteiger partial charge in [-0.2, -0.15) is 0 Å². The van der Waals surface area contributed by atoms with Crippen LogP contribution in [0.15, 0.2) is 164 Å². The molecule has 0 N–H and O–H groups in total. The molecular formula is C46H33N3. The number of nitrogens with zero attached hydrogens (tertiary/aromatic N) is 3. The van der Waals surface area contributed by atoms with Crippen molar-refractivity contribution in [2.45, 2.75) is 19.3 Å². The van der Waals surface area contributed by atoms with Gasteiger partial charge in [-0.15, -0.1) is 0 Å². The molecule has 2 aromatic heterocycles. The average molecular weight is 628 g/mol. The molecule has 9 rings (SSSR count). The predicted molar refractivity (Wildman–Crippen MR) is 202 cm³/mol. The van der Waals surface area contributed by atoms with Gasteiger partial charge in [0.05, 0.1) is 17.1 Å². The molecule has 0 amide bonds. The van der Waals surface area contributed by atoms with Crippen LogP contribution in [-0.4, -0.2) is 15.0 Å². The molecule has 0 bridgehead atoms. The van der Waals surface area contributed by atoms with Crippen LogP contribution in [0.3, 0.4) is 0 Å². The highest BCUT2D eigenvalue weighted by atomic mass is 14.9. The Morgan fingerprint density at radius 3 is 1.94 bits per heavy atom. The fraction of sp³-hybridized carbons (Fsp3) is 0.0652. The first-order chi connectivity index (χ1) is 24.0. The van der Waals surface area contributed by atoms with Crippen LogP contribution in [0.25, 0.3) is 78.2 Å². The summed E-state index contributed by atoms with van der Waals surface area (Å²) in [6.07, 6.45) is 1.82. The number of fused-ring (bicyclic) bond motifs is 5. The second-order valence-electron chi connectivity index (χ2n) is 13.3. The van der Waals surface area contributed by atoms with Crippen molar-refractivity contribution in [3.05, 3.63) is 175 Å². The van der Waals surface area contributed by atoms with E-state index < -0.39 is 0 Å². The number of hydrogen-bond donors (Lipinski definition) is 0. The molecule has 0 aliphatic heterocycles. The molecule has 2 heterocycles. The van der Waals surface area contributed by atoms with Gasteiger partial charge in [-0.1, -0.05) is 147 Å². The van der Waals surface area contributed by atoms with Crippen molar-refractivity contribution in [1.29, 1.82) is 0 Å². The molecule has 0 saturated heterocycles. The first-order valence-corrected chi connectivity index (χ1v) is 16.8. The van der Waals surface area contributed by atoms with Crippen molar-refractivity contribution >= 4 is 10.8 Å². The van der Waals surface area contributed by atoms with Crippen molar-refractivity contribution in [1.82, 2.24) is 15.0 Å². The Bertz CT molecular complexity index is 2500. The van der Waals surface area contributed by atoms with Gasteiger partial charge in [-0.05, 0) is 68.4 Å². The maximum absolute atomic E-state index is 5.18. The Balaban J connectivity index is 1.18. The molecule has 0 unspecified atom stereocenters. The Kier molecular flexibility index (Phi) is 6.80. The lowest BCUT2D eigenvalue weighted by atomic mass is 9.80. The fourth-order valence-corrected chi connectivity index (χ4v) is 7.54. The van der Waals surface area contributed by atoms with Crippen LogP contribution in [0.2, 0.25) is 0 Å². The molecule has 0 spiro atoms. The highest BCUT2D eigenvalue weighted by Crippen LogP contribution is 2.54. The second-order valence-corrected chi connectivity index (χ2v) is 13.3. The summed E-state index contributed by atoms with van der Waals surface area (Å²) in [7, 11) is 0. The number of rotatable bonds is 5. The van der Waals surface area contributed by atoms with Crippen LogP contribution < -0.4 is 0 Å². The van der Waals surface area contributed by atoms with Crippen LogP contribution in [0.4, 0.5) is 0 Å². The molecule has 3 heteroatoms. The van der Waals surface area contributed by atoms with Gasteiger partial charge in [-0.25, -0.2) is 9.97 Å². The summed E-state index contributed by atoms with van der Waals surface area (Å²) in [6, 6.07) is 55.7. The normalized spacial score (nSPS) is 12.9. The molecule has 8 aromatic rings. The maximum atomic E-state index is 5.18. The quantitative estimate of drug-likeness (QED) is 0.191. The summed E-state index contributed by atoms with van der Waals surface area (Å²) in [4.78, 5) is 14.8. The minimum atomic E-state index is -0.114. The average Bonchev–Trinajstić information content (AvgIpc) is 3.42. The third-order valence-corrected chi connectivity index (χ3v) is 9.93. The first-order valence-electron chi connectivity index (χ1n) is 16.8. The molecule has 49 heavy (non-hydrogen) atoms. The minimum absolute atomic E-state index is 0.114. The van der Waals surface area contributed by atoms with Gasteiger partial charge in [0, 0.05) is 33.9 Å². The van der Waals surface area contributed by atoms with Crippen LogP contribution in [0, 0.1) is 0 Å². The highest BCUT2D eigenvalue weighted by Gasteiger charge is 2.38. The van der Waals surface area contributed by atoms with E-state index in [9.17, 15) is 0 Å². The van der Waals surface area contributed by atoms with Crippen molar-refractivity contribution in [2.75, 3.05) is 0 Å². The molecule has 1 aliphatic carbocycles. The number of hydrogen-bond acceptors (Lipinski definition) is 3. The fourth-order valence-electron chi connectivity index (χ4n) is 7.54. The van der Waals surface area contributed by atoms with Gasteiger partial charge in [-0.3, -0.25) is 4.98 Å². The van der Waals surface area contributed by atoms with Crippen molar-refractivity contribution in [3.63, 3.8) is 0 Å². The van der Waals surface area contributed by atoms with Crippen molar-refractivity contribution in [2.24, 2.45) is 0 Å². The van der Waals surface area contributed by atoms with Crippen molar-refractivity contribution < 1.29 is 0 Å². The number of aromatic nitrogens is 3.